The third kappa shape index (κ3) is 4.67. The molecular weight excluding hydrogens is 426 g/mol. The van der Waals surface area contributed by atoms with E-state index in [4.69, 9.17) is 9.72 Å². The van der Waals surface area contributed by atoms with Gasteiger partial charge in [-0.25, -0.2) is 0 Å². The van der Waals surface area contributed by atoms with Crippen LogP contribution in [-0.2, 0) is 16.1 Å². The number of nitrogens with one attached hydrogen (secondary N) is 1. The van der Waals surface area contributed by atoms with Gasteiger partial charge in [0.15, 0.2) is 0 Å². The highest BCUT2D eigenvalue weighted by Crippen LogP contribution is 2.27. The smallest absolute Gasteiger partial charge is 0.293 e. The summed E-state index contributed by atoms with van der Waals surface area (Å²) in [5, 5.41) is 5.33. The van der Waals surface area contributed by atoms with Crippen molar-refractivity contribution >= 4 is 34.2 Å². The minimum Gasteiger partial charge on any atom is -0.465 e. The number of carbonyl (C=O) groups excluding carboxylic acids is 2. The average molecular weight is 456 g/mol. The topological polar surface area (TPSA) is 73.2 Å². The lowest BCUT2D eigenvalue weighted by molar-refractivity contribution is -0.135. The van der Waals surface area contributed by atoms with Crippen molar-refractivity contribution in [2.24, 2.45) is 5.92 Å². The third-order valence-electron chi connectivity index (χ3n) is 6.83. The zero-order chi connectivity index (χ0) is 23.5. The largest absolute Gasteiger partial charge is 0.465 e. The summed E-state index contributed by atoms with van der Waals surface area (Å²) >= 11 is 0. The van der Waals surface area contributed by atoms with E-state index < -0.39 is 0 Å². The lowest BCUT2D eigenvalue weighted by Gasteiger charge is -2.27. The molecule has 0 saturated heterocycles. The first-order valence-electron chi connectivity index (χ1n) is 11.9. The summed E-state index contributed by atoms with van der Waals surface area (Å²) in [5.74, 6) is 0.357. The van der Waals surface area contributed by atoms with E-state index in [0.717, 1.165) is 58.7 Å². The predicted octanol–water partition coefficient (Wildman–Crippen LogP) is 5.01. The molecule has 2 aromatic heterocycles. The Labute approximate surface area is 198 Å². The van der Waals surface area contributed by atoms with Crippen LogP contribution in [-0.4, -0.2) is 34.6 Å². The molecule has 5 rings (SSSR count). The van der Waals surface area contributed by atoms with Crippen LogP contribution in [0.5, 0.6) is 0 Å². The van der Waals surface area contributed by atoms with Crippen LogP contribution in [0.2, 0.25) is 0 Å². The molecule has 0 radical (unpaired) electrons. The predicted molar refractivity (Wildman–Crippen MR) is 133 cm³/mol. The van der Waals surface area contributed by atoms with Crippen LogP contribution in [0.15, 0.2) is 60.8 Å². The van der Waals surface area contributed by atoms with E-state index in [1.807, 2.05) is 43.5 Å². The van der Waals surface area contributed by atoms with Crippen LogP contribution in [0.25, 0.3) is 21.8 Å². The molecule has 0 unspecified atom stereocenters. The first-order chi connectivity index (χ1) is 16.6. The number of fused-ring (bicyclic) bond motifs is 2. The number of ether oxygens (including phenoxy) is 1. The molecule has 1 N–H and O–H groups in total. The standard InChI is InChI=1S/C28H29N3O3/c1-19-14-22-12-13-31(17-23-9-8-21-4-2-3-5-26(21)30-23)27(22)25(15-19)28(33)29-16-20-6-10-24(11-7-20)34-18-32/h2-5,8-9,12-15,18,20,24H,6-7,10-11,16-17H2,1H3,(H,29,33). The van der Waals surface area contributed by atoms with Crippen molar-refractivity contribution in [2.75, 3.05) is 6.54 Å². The monoisotopic (exact) mass is 455 g/mol. The fourth-order valence-electron chi connectivity index (χ4n) is 5.06. The number of hydrogen-bond donors (Lipinski definition) is 1. The maximum atomic E-state index is 13.3. The molecule has 0 atom stereocenters. The number of amides is 1. The van der Waals surface area contributed by atoms with Crippen molar-refractivity contribution in [3.63, 3.8) is 0 Å². The van der Waals surface area contributed by atoms with E-state index in [1.165, 1.54) is 0 Å². The zero-order valence-electron chi connectivity index (χ0n) is 19.4. The van der Waals surface area contributed by atoms with Gasteiger partial charge in [-0.3, -0.25) is 14.6 Å². The molecule has 0 bridgehead atoms. The van der Waals surface area contributed by atoms with Gasteiger partial charge in [0.2, 0.25) is 0 Å². The second-order valence-electron chi connectivity index (χ2n) is 9.27. The highest BCUT2D eigenvalue weighted by atomic mass is 16.5. The minimum atomic E-state index is -0.0496. The number of hydrogen-bond acceptors (Lipinski definition) is 4. The van der Waals surface area contributed by atoms with E-state index in [-0.39, 0.29) is 12.0 Å². The molecule has 4 aromatic rings. The Hall–Kier alpha value is -3.67. The lowest BCUT2D eigenvalue weighted by Crippen LogP contribution is -2.33. The molecule has 0 spiro atoms. The molecular formula is C28H29N3O3. The number of para-hydroxylation sites is 1. The van der Waals surface area contributed by atoms with Gasteiger partial charge >= 0.3 is 0 Å². The fourth-order valence-corrected chi connectivity index (χ4v) is 5.06. The zero-order valence-corrected chi connectivity index (χ0v) is 19.4. The quantitative estimate of drug-likeness (QED) is 0.398. The van der Waals surface area contributed by atoms with E-state index >= 15 is 0 Å². The van der Waals surface area contributed by atoms with Gasteiger partial charge in [0.1, 0.15) is 6.10 Å². The van der Waals surface area contributed by atoms with Gasteiger partial charge in [-0.2, -0.15) is 0 Å². The molecule has 2 aromatic carbocycles. The van der Waals surface area contributed by atoms with E-state index in [1.54, 1.807) is 0 Å². The number of nitrogens with zero attached hydrogens (tertiary/aromatic N) is 2. The molecule has 34 heavy (non-hydrogen) atoms. The first-order valence-corrected chi connectivity index (χ1v) is 11.9. The molecule has 1 amide bonds. The second-order valence-corrected chi connectivity index (χ2v) is 9.27. The van der Waals surface area contributed by atoms with Gasteiger partial charge in [-0.1, -0.05) is 24.3 Å². The van der Waals surface area contributed by atoms with Crippen molar-refractivity contribution < 1.29 is 14.3 Å². The lowest BCUT2D eigenvalue weighted by atomic mass is 9.87. The van der Waals surface area contributed by atoms with Gasteiger partial charge in [-0.05, 0) is 74.4 Å². The summed E-state index contributed by atoms with van der Waals surface area (Å²) in [6.45, 7) is 3.79. The highest BCUT2D eigenvalue weighted by molar-refractivity contribution is 6.06. The maximum Gasteiger partial charge on any atom is 0.293 e. The van der Waals surface area contributed by atoms with Gasteiger partial charge in [0, 0.05) is 23.5 Å². The summed E-state index contributed by atoms with van der Waals surface area (Å²) in [6, 6.07) is 18.4. The Bertz CT molecular complexity index is 1340. The number of aromatic nitrogens is 2. The molecule has 174 valence electrons. The van der Waals surface area contributed by atoms with E-state index in [0.29, 0.717) is 31.0 Å². The molecule has 1 saturated carbocycles. The van der Waals surface area contributed by atoms with Crippen molar-refractivity contribution in [1.29, 1.82) is 0 Å². The van der Waals surface area contributed by atoms with Crippen molar-refractivity contribution in [3.8, 4) is 0 Å². The van der Waals surface area contributed by atoms with Gasteiger partial charge in [0.05, 0.1) is 28.8 Å². The number of carbonyl (C=O) groups is 2. The molecule has 6 nitrogen and oxygen atoms in total. The Morgan fingerprint density at radius 3 is 2.74 bits per heavy atom. The van der Waals surface area contributed by atoms with Crippen LogP contribution in [0.4, 0.5) is 0 Å². The van der Waals surface area contributed by atoms with Crippen molar-refractivity contribution in [1.82, 2.24) is 14.9 Å². The van der Waals surface area contributed by atoms with Crippen LogP contribution in [0, 0.1) is 12.8 Å². The van der Waals surface area contributed by atoms with Crippen molar-refractivity contribution in [2.45, 2.75) is 45.3 Å². The van der Waals surface area contributed by atoms with Crippen LogP contribution in [0.3, 0.4) is 0 Å². The Balaban J connectivity index is 1.35. The minimum absolute atomic E-state index is 0.0212. The summed E-state index contributed by atoms with van der Waals surface area (Å²) in [7, 11) is 0. The number of pyridine rings is 1. The molecule has 1 aliphatic carbocycles. The Kier molecular flexibility index (Phi) is 6.30. The maximum absolute atomic E-state index is 13.3. The fraction of sp³-hybridized carbons (Fsp3) is 0.321. The Morgan fingerprint density at radius 2 is 1.91 bits per heavy atom. The van der Waals surface area contributed by atoms with E-state index in [2.05, 4.69) is 34.1 Å². The number of aryl methyl sites for hydroxylation is 1. The van der Waals surface area contributed by atoms with Crippen LogP contribution >= 0.6 is 0 Å². The summed E-state index contributed by atoms with van der Waals surface area (Å²) in [6.07, 6.45) is 5.67. The highest BCUT2D eigenvalue weighted by Gasteiger charge is 2.23. The molecule has 1 aliphatic rings. The van der Waals surface area contributed by atoms with Gasteiger partial charge in [0.25, 0.3) is 12.4 Å². The molecule has 0 aliphatic heterocycles. The normalized spacial score (nSPS) is 18.1. The molecule has 6 heteroatoms. The van der Waals surface area contributed by atoms with Gasteiger partial charge < -0.3 is 14.6 Å². The van der Waals surface area contributed by atoms with E-state index in [9.17, 15) is 9.59 Å². The first kappa shape index (κ1) is 22.1. The summed E-state index contributed by atoms with van der Waals surface area (Å²) in [5.41, 5.74) is 4.61. The molecule has 2 heterocycles. The van der Waals surface area contributed by atoms with Crippen LogP contribution in [0.1, 0.15) is 47.3 Å². The average Bonchev–Trinajstić information content (AvgIpc) is 3.25. The Morgan fingerprint density at radius 1 is 1.09 bits per heavy atom. The number of benzene rings is 2. The molecule has 1 fully saturated rings. The summed E-state index contributed by atoms with van der Waals surface area (Å²) < 4.78 is 7.20. The van der Waals surface area contributed by atoms with Crippen molar-refractivity contribution in [3.05, 3.63) is 77.6 Å². The summed E-state index contributed by atoms with van der Waals surface area (Å²) in [4.78, 5) is 28.7. The number of rotatable bonds is 7. The SMILES string of the molecule is Cc1cc(C(=O)NCC2CCC(OC=O)CC2)c2c(ccn2Cc2ccc3ccccc3n2)c1. The third-order valence-corrected chi connectivity index (χ3v) is 6.83. The second kappa shape index (κ2) is 9.67. The van der Waals surface area contributed by atoms with Crippen LogP contribution < -0.4 is 5.32 Å². The van der Waals surface area contributed by atoms with Gasteiger partial charge in [-0.15, -0.1) is 0 Å².